The third-order valence-electron chi connectivity index (χ3n) is 7.40. The number of halogens is 1. The summed E-state index contributed by atoms with van der Waals surface area (Å²) in [5, 5.41) is 12.1. The van der Waals surface area contributed by atoms with Crippen LogP contribution in [0.1, 0.15) is 31.7 Å². The van der Waals surface area contributed by atoms with Gasteiger partial charge >= 0.3 is 0 Å². The summed E-state index contributed by atoms with van der Waals surface area (Å²) in [5.74, 6) is 0.844. The summed E-state index contributed by atoms with van der Waals surface area (Å²) < 4.78 is 13.9. The van der Waals surface area contributed by atoms with Crippen molar-refractivity contribution in [2.45, 2.75) is 26.2 Å². The van der Waals surface area contributed by atoms with Crippen LogP contribution in [0.5, 0.6) is 0 Å². The molecule has 1 fully saturated rings. The largest absolute Gasteiger partial charge is 0.359 e. The second kappa shape index (κ2) is 10.2. The molecule has 0 saturated heterocycles. The van der Waals surface area contributed by atoms with Crippen LogP contribution in [-0.4, -0.2) is 25.1 Å². The van der Waals surface area contributed by atoms with Gasteiger partial charge in [0.05, 0.1) is 22.7 Å². The monoisotopic (exact) mass is 516 g/mol. The van der Waals surface area contributed by atoms with Crippen LogP contribution >= 0.6 is 0 Å². The van der Waals surface area contributed by atoms with E-state index in [9.17, 15) is 4.39 Å². The number of pyridine rings is 1. The highest BCUT2D eigenvalue weighted by Crippen LogP contribution is 2.33. The van der Waals surface area contributed by atoms with Crippen LogP contribution in [0.4, 0.5) is 4.39 Å². The summed E-state index contributed by atoms with van der Waals surface area (Å²) in [7, 11) is 0. The normalized spacial score (nSPS) is 14.5. The number of fused-ring (bicyclic) bond motifs is 2. The molecule has 39 heavy (non-hydrogen) atoms. The van der Waals surface area contributed by atoms with E-state index in [0.717, 1.165) is 50.1 Å². The molecular weight excluding hydrogens is 487 g/mol. The second-order valence-electron chi connectivity index (χ2n) is 9.84. The van der Waals surface area contributed by atoms with Gasteiger partial charge in [0.25, 0.3) is 0 Å². The van der Waals surface area contributed by atoms with Crippen LogP contribution in [-0.2, 0) is 0 Å². The highest BCUT2D eigenvalue weighted by atomic mass is 19.1. The van der Waals surface area contributed by atoms with E-state index in [4.69, 9.17) is 4.98 Å². The predicted octanol–water partition coefficient (Wildman–Crippen LogP) is 7.68. The maximum atomic E-state index is 13.9. The number of benzene rings is 2. The molecule has 0 atom stereocenters. The zero-order valence-corrected chi connectivity index (χ0v) is 21.8. The second-order valence-corrected chi connectivity index (χ2v) is 9.84. The van der Waals surface area contributed by atoms with Gasteiger partial charge in [-0.3, -0.25) is 10.1 Å². The molecule has 2 aromatic carbocycles. The van der Waals surface area contributed by atoms with Gasteiger partial charge in [0.1, 0.15) is 11.5 Å². The number of nitrogens with one attached hydrogen (secondary N) is 3. The number of hydrogen-bond acceptors (Lipinski definition) is 4. The molecule has 0 radical (unpaired) electrons. The topological polar surface area (TPSA) is 82.3 Å². The Morgan fingerprint density at radius 1 is 1.13 bits per heavy atom. The SMILES string of the molecule is C=C/C(=C\C(=C/C)c1ccc2[nH]nc(-c3nc4c(-c5cccc(F)c5)cncc4[nH]3)c2c1)NC(=C)C1CCC1. The molecule has 3 heterocycles. The summed E-state index contributed by atoms with van der Waals surface area (Å²) in [4.78, 5) is 12.6. The fraction of sp³-hybridized carbons (Fsp3) is 0.156. The third kappa shape index (κ3) is 4.68. The van der Waals surface area contributed by atoms with E-state index < -0.39 is 0 Å². The van der Waals surface area contributed by atoms with Gasteiger partial charge < -0.3 is 10.3 Å². The lowest BCUT2D eigenvalue weighted by Gasteiger charge is -2.28. The number of H-pyrrole nitrogens is 2. The Kier molecular flexibility index (Phi) is 6.40. The standard InChI is InChI=1S/C32H29FN6/c1-4-20(15-25(5-2)35-19(3)21-8-6-9-21)22-12-13-28-26(16-22)31(39-38-28)32-36-29-18-34-17-27(30(29)37-32)23-10-7-11-24(33)14-23/h4-5,7,10-18,21,35H,2-3,6,8-9H2,1H3,(H,36,37)(H,38,39)/b20-4+,25-15+. The van der Waals surface area contributed by atoms with Crippen LogP contribution in [0.3, 0.4) is 0 Å². The van der Waals surface area contributed by atoms with E-state index >= 15 is 0 Å². The van der Waals surface area contributed by atoms with Crippen molar-refractivity contribution < 1.29 is 4.39 Å². The minimum absolute atomic E-state index is 0.304. The van der Waals surface area contributed by atoms with Gasteiger partial charge in [0, 0.05) is 28.5 Å². The van der Waals surface area contributed by atoms with Crippen molar-refractivity contribution in [2.24, 2.45) is 5.92 Å². The Hall–Kier alpha value is -4.78. The Labute approximate surface area is 226 Å². The van der Waals surface area contributed by atoms with Crippen molar-refractivity contribution in [3.63, 3.8) is 0 Å². The van der Waals surface area contributed by atoms with Crippen molar-refractivity contribution in [1.29, 1.82) is 0 Å². The highest BCUT2D eigenvalue weighted by molar-refractivity contribution is 5.98. The molecule has 0 amide bonds. The van der Waals surface area contributed by atoms with Crippen LogP contribution in [0.15, 0.2) is 97.6 Å². The average molecular weight is 517 g/mol. The fourth-order valence-corrected chi connectivity index (χ4v) is 4.98. The van der Waals surface area contributed by atoms with Gasteiger partial charge in [0.2, 0.25) is 0 Å². The zero-order valence-electron chi connectivity index (χ0n) is 21.8. The van der Waals surface area contributed by atoms with Gasteiger partial charge in [-0.2, -0.15) is 5.10 Å². The van der Waals surface area contributed by atoms with Gasteiger partial charge in [-0.15, -0.1) is 0 Å². The highest BCUT2D eigenvalue weighted by Gasteiger charge is 2.21. The summed E-state index contributed by atoms with van der Waals surface area (Å²) in [6, 6.07) is 12.7. The van der Waals surface area contributed by atoms with Crippen LogP contribution in [0.2, 0.25) is 0 Å². The van der Waals surface area contributed by atoms with E-state index in [1.54, 1.807) is 18.5 Å². The molecule has 1 saturated carbocycles. The molecule has 7 heteroatoms. The van der Waals surface area contributed by atoms with Crippen LogP contribution in [0.25, 0.3) is 50.2 Å². The smallest absolute Gasteiger partial charge is 0.159 e. The van der Waals surface area contributed by atoms with Crippen molar-refractivity contribution in [3.05, 3.63) is 109 Å². The van der Waals surface area contributed by atoms with E-state index in [0.29, 0.717) is 23.0 Å². The molecule has 0 bridgehead atoms. The van der Waals surface area contributed by atoms with Gasteiger partial charge in [-0.1, -0.05) is 43.9 Å². The molecule has 3 N–H and O–H groups in total. The predicted molar refractivity (Wildman–Crippen MR) is 156 cm³/mol. The van der Waals surface area contributed by atoms with E-state index in [2.05, 4.69) is 62.9 Å². The molecule has 6 rings (SSSR count). The van der Waals surface area contributed by atoms with Crippen LogP contribution in [0, 0.1) is 11.7 Å². The lowest BCUT2D eigenvalue weighted by molar-refractivity contribution is 0.356. The van der Waals surface area contributed by atoms with Gasteiger partial charge in [-0.25, -0.2) is 9.37 Å². The minimum Gasteiger partial charge on any atom is -0.359 e. The minimum atomic E-state index is -0.304. The maximum Gasteiger partial charge on any atom is 0.159 e. The molecule has 6 nitrogen and oxygen atoms in total. The van der Waals surface area contributed by atoms with E-state index in [1.165, 1.54) is 31.4 Å². The van der Waals surface area contributed by atoms with E-state index in [-0.39, 0.29) is 5.82 Å². The lowest BCUT2D eigenvalue weighted by Crippen LogP contribution is -2.23. The summed E-state index contributed by atoms with van der Waals surface area (Å²) in [6.07, 6.45) is 13.1. The van der Waals surface area contributed by atoms with Crippen molar-refractivity contribution >= 4 is 27.5 Å². The van der Waals surface area contributed by atoms with Crippen LogP contribution < -0.4 is 5.32 Å². The maximum absolute atomic E-state index is 13.9. The molecule has 0 aliphatic heterocycles. The number of imidazole rings is 1. The first-order valence-electron chi connectivity index (χ1n) is 13.1. The molecule has 5 aromatic rings. The van der Waals surface area contributed by atoms with Gasteiger partial charge in [-0.05, 0) is 78.8 Å². The number of hydrogen-bond donors (Lipinski definition) is 3. The molecule has 194 valence electrons. The summed E-state index contributed by atoms with van der Waals surface area (Å²) in [5.41, 5.74) is 8.60. The fourth-order valence-electron chi connectivity index (χ4n) is 4.98. The third-order valence-corrected chi connectivity index (χ3v) is 7.40. The van der Waals surface area contributed by atoms with Gasteiger partial charge in [0.15, 0.2) is 5.82 Å². The van der Waals surface area contributed by atoms with Crippen molar-refractivity contribution in [3.8, 4) is 22.6 Å². The summed E-state index contributed by atoms with van der Waals surface area (Å²) >= 11 is 0. The first kappa shape index (κ1) is 24.6. The average Bonchev–Trinajstić information content (AvgIpc) is 3.53. The first-order chi connectivity index (χ1) is 19.0. The Morgan fingerprint density at radius 3 is 2.74 bits per heavy atom. The molecule has 1 aliphatic carbocycles. The quantitative estimate of drug-likeness (QED) is 0.185. The Balaban J connectivity index is 1.37. The number of allylic oxidation sites excluding steroid dienone is 5. The Morgan fingerprint density at radius 2 is 2.00 bits per heavy atom. The summed E-state index contributed by atoms with van der Waals surface area (Å²) in [6.45, 7) is 10.2. The lowest BCUT2D eigenvalue weighted by atomic mass is 9.83. The van der Waals surface area contributed by atoms with E-state index in [1.807, 2.05) is 25.1 Å². The van der Waals surface area contributed by atoms with Crippen molar-refractivity contribution in [1.82, 2.24) is 30.5 Å². The molecular formula is C32H29FN6. The molecule has 0 unspecified atom stereocenters. The molecule has 1 aliphatic rings. The number of aromatic nitrogens is 5. The molecule has 3 aromatic heterocycles. The number of rotatable bonds is 8. The zero-order chi connectivity index (χ0) is 26.9. The number of nitrogens with zero attached hydrogens (tertiary/aromatic N) is 3. The molecule has 0 spiro atoms. The first-order valence-corrected chi connectivity index (χ1v) is 13.1. The van der Waals surface area contributed by atoms with Crippen molar-refractivity contribution in [2.75, 3.05) is 0 Å². The Bertz CT molecular complexity index is 1780. The number of aromatic amines is 2.